The highest BCUT2D eigenvalue weighted by atomic mass is 35.5. The Morgan fingerprint density at radius 1 is 1.35 bits per heavy atom. The number of hydrogen-bond acceptors (Lipinski definition) is 1. The van der Waals surface area contributed by atoms with Gasteiger partial charge >= 0.3 is 0 Å². The summed E-state index contributed by atoms with van der Waals surface area (Å²) in [5, 5.41) is 0.670. The minimum Gasteiger partial charge on any atom is -0.335 e. The van der Waals surface area contributed by atoms with E-state index < -0.39 is 0 Å². The van der Waals surface area contributed by atoms with Gasteiger partial charge in [-0.05, 0) is 43.0 Å². The van der Waals surface area contributed by atoms with E-state index in [1.54, 1.807) is 24.3 Å². The highest BCUT2D eigenvalue weighted by Crippen LogP contribution is 2.29. The molecule has 1 saturated carbocycles. The summed E-state index contributed by atoms with van der Waals surface area (Å²) in [5.74, 6) is 0.643. The van der Waals surface area contributed by atoms with E-state index in [1.165, 1.54) is 0 Å². The Morgan fingerprint density at radius 3 is 2.41 bits per heavy atom. The molecule has 1 aromatic carbocycles. The fourth-order valence-corrected chi connectivity index (χ4v) is 2.06. The first-order valence-corrected chi connectivity index (χ1v) is 6.52. The monoisotopic (exact) mass is 251 g/mol. The Kier molecular flexibility index (Phi) is 3.72. The molecule has 0 unspecified atom stereocenters. The van der Waals surface area contributed by atoms with Crippen LogP contribution in [0.1, 0.15) is 37.0 Å². The lowest BCUT2D eigenvalue weighted by atomic mass is 10.1. The molecule has 0 spiro atoms. The molecule has 1 aromatic rings. The largest absolute Gasteiger partial charge is 0.335 e. The Hall–Kier alpha value is -1.02. The van der Waals surface area contributed by atoms with Crippen molar-refractivity contribution in [2.24, 2.45) is 5.92 Å². The summed E-state index contributed by atoms with van der Waals surface area (Å²) in [6.45, 7) is 5.13. The molecule has 1 aliphatic rings. The van der Waals surface area contributed by atoms with Gasteiger partial charge in [-0.1, -0.05) is 25.4 Å². The van der Waals surface area contributed by atoms with E-state index in [0.29, 0.717) is 17.0 Å². The highest BCUT2D eigenvalue weighted by molar-refractivity contribution is 6.30. The topological polar surface area (TPSA) is 20.3 Å². The first-order chi connectivity index (χ1) is 8.08. The summed E-state index contributed by atoms with van der Waals surface area (Å²) in [6.07, 6.45) is 2.29. The van der Waals surface area contributed by atoms with Crippen LogP contribution in [0.3, 0.4) is 0 Å². The first kappa shape index (κ1) is 12.4. The summed E-state index contributed by atoms with van der Waals surface area (Å²) in [7, 11) is 0. The van der Waals surface area contributed by atoms with Crippen LogP contribution in [0.4, 0.5) is 0 Å². The summed E-state index contributed by atoms with van der Waals surface area (Å²) in [6, 6.07) is 7.62. The Morgan fingerprint density at radius 2 is 1.94 bits per heavy atom. The van der Waals surface area contributed by atoms with E-state index in [0.717, 1.165) is 24.9 Å². The zero-order chi connectivity index (χ0) is 12.4. The lowest BCUT2D eigenvalue weighted by Gasteiger charge is -2.24. The van der Waals surface area contributed by atoms with Crippen molar-refractivity contribution in [1.29, 1.82) is 0 Å². The zero-order valence-corrected chi connectivity index (χ0v) is 11.1. The summed E-state index contributed by atoms with van der Waals surface area (Å²) >= 11 is 5.83. The van der Waals surface area contributed by atoms with E-state index in [1.807, 2.05) is 4.90 Å². The van der Waals surface area contributed by atoms with Gasteiger partial charge in [0.2, 0.25) is 0 Å². The molecule has 1 fully saturated rings. The SMILES string of the molecule is CC(C)CN(C(=O)c1ccc(Cl)cc1)C1CC1. The van der Waals surface area contributed by atoms with Crippen LogP contribution in [0.2, 0.25) is 5.02 Å². The van der Waals surface area contributed by atoms with E-state index >= 15 is 0 Å². The lowest BCUT2D eigenvalue weighted by molar-refractivity contribution is 0.0722. The van der Waals surface area contributed by atoms with Crippen LogP contribution in [0.15, 0.2) is 24.3 Å². The quantitative estimate of drug-likeness (QED) is 0.801. The second-order valence-corrected chi connectivity index (χ2v) is 5.53. The standard InChI is InChI=1S/C14H18ClNO/c1-10(2)9-16(13-7-8-13)14(17)11-3-5-12(15)6-4-11/h3-6,10,13H,7-9H2,1-2H3. The molecule has 1 amide bonds. The van der Waals surface area contributed by atoms with Crippen LogP contribution in [-0.2, 0) is 0 Å². The van der Waals surface area contributed by atoms with Crippen molar-refractivity contribution in [3.63, 3.8) is 0 Å². The third kappa shape index (κ3) is 3.22. The van der Waals surface area contributed by atoms with Crippen LogP contribution in [0.25, 0.3) is 0 Å². The van der Waals surface area contributed by atoms with Gasteiger partial charge in [-0.2, -0.15) is 0 Å². The number of hydrogen-bond donors (Lipinski definition) is 0. The van der Waals surface area contributed by atoms with Gasteiger partial charge in [0.05, 0.1) is 0 Å². The molecule has 2 nitrogen and oxygen atoms in total. The molecule has 0 saturated heterocycles. The van der Waals surface area contributed by atoms with Gasteiger partial charge in [-0.3, -0.25) is 4.79 Å². The van der Waals surface area contributed by atoms with Crippen LogP contribution in [0, 0.1) is 5.92 Å². The average molecular weight is 252 g/mol. The highest BCUT2D eigenvalue weighted by Gasteiger charge is 2.33. The number of nitrogens with zero attached hydrogens (tertiary/aromatic N) is 1. The minimum atomic E-state index is 0.137. The van der Waals surface area contributed by atoms with Crippen molar-refractivity contribution in [2.75, 3.05) is 6.54 Å². The number of carbonyl (C=O) groups is 1. The average Bonchev–Trinajstić information content (AvgIpc) is 3.09. The molecule has 0 N–H and O–H groups in total. The minimum absolute atomic E-state index is 0.137. The number of amides is 1. The van der Waals surface area contributed by atoms with Gasteiger partial charge in [0, 0.05) is 23.2 Å². The maximum atomic E-state index is 12.4. The van der Waals surface area contributed by atoms with Crippen LogP contribution >= 0.6 is 11.6 Å². The first-order valence-electron chi connectivity index (χ1n) is 6.14. The molecule has 3 heteroatoms. The van der Waals surface area contributed by atoms with Gasteiger partial charge in [0.1, 0.15) is 0 Å². The smallest absolute Gasteiger partial charge is 0.254 e. The molecule has 0 aromatic heterocycles. The number of rotatable bonds is 4. The number of carbonyl (C=O) groups excluding carboxylic acids is 1. The molecule has 92 valence electrons. The second-order valence-electron chi connectivity index (χ2n) is 5.09. The maximum Gasteiger partial charge on any atom is 0.254 e. The predicted molar refractivity (Wildman–Crippen MR) is 70.3 cm³/mol. The molecule has 2 rings (SSSR count). The third-order valence-electron chi connectivity index (χ3n) is 2.90. The fourth-order valence-electron chi connectivity index (χ4n) is 1.94. The fraction of sp³-hybridized carbons (Fsp3) is 0.500. The summed E-state index contributed by atoms with van der Waals surface area (Å²) in [4.78, 5) is 14.4. The van der Waals surface area contributed by atoms with Crippen LogP contribution in [-0.4, -0.2) is 23.4 Å². The van der Waals surface area contributed by atoms with E-state index in [2.05, 4.69) is 13.8 Å². The van der Waals surface area contributed by atoms with Crippen molar-refractivity contribution in [2.45, 2.75) is 32.7 Å². The van der Waals surface area contributed by atoms with E-state index in [9.17, 15) is 4.79 Å². The molecule has 0 atom stereocenters. The van der Waals surface area contributed by atoms with Gasteiger partial charge in [0.25, 0.3) is 5.91 Å². The van der Waals surface area contributed by atoms with Crippen molar-refractivity contribution in [1.82, 2.24) is 4.90 Å². The van der Waals surface area contributed by atoms with Crippen molar-refractivity contribution in [3.05, 3.63) is 34.9 Å². The van der Waals surface area contributed by atoms with E-state index in [-0.39, 0.29) is 5.91 Å². The Bertz CT molecular complexity index is 395. The molecule has 1 aliphatic carbocycles. The number of benzene rings is 1. The summed E-state index contributed by atoms with van der Waals surface area (Å²) in [5.41, 5.74) is 0.738. The van der Waals surface area contributed by atoms with Crippen molar-refractivity contribution >= 4 is 17.5 Å². The molecule has 0 bridgehead atoms. The van der Waals surface area contributed by atoms with Crippen molar-refractivity contribution in [3.8, 4) is 0 Å². The molecule has 0 heterocycles. The summed E-state index contributed by atoms with van der Waals surface area (Å²) < 4.78 is 0. The molecule has 0 aliphatic heterocycles. The number of halogens is 1. The predicted octanol–water partition coefficient (Wildman–Crippen LogP) is 3.60. The Balaban J connectivity index is 2.12. The van der Waals surface area contributed by atoms with Crippen LogP contribution in [0.5, 0.6) is 0 Å². The van der Waals surface area contributed by atoms with E-state index in [4.69, 9.17) is 11.6 Å². The molecular formula is C14H18ClNO. The van der Waals surface area contributed by atoms with Gasteiger partial charge in [-0.25, -0.2) is 0 Å². The second kappa shape index (κ2) is 5.09. The van der Waals surface area contributed by atoms with Gasteiger partial charge < -0.3 is 4.90 Å². The zero-order valence-electron chi connectivity index (χ0n) is 10.3. The van der Waals surface area contributed by atoms with Crippen LogP contribution < -0.4 is 0 Å². The van der Waals surface area contributed by atoms with Gasteiger partial charge in [-0.15, -0.1) is 0 Å². The molecular weight excluding hydrogens is 234 g/mol. The third-order valence-corrected chi connectivity index (χ3v) is 3.15. The normalized spacial score (nSPS) is 15.1. The lowest BCUT2D eigenvalue weighted by Crippen LogP contribution is -2.36. The molecule has 17 heavy (non-hydrogen) atoms. The molecule has 0 radical (unpaired) electrons. The van der Waals surface area contributed by atoms with Crippen molar-refractivity contribution < 1.29 is 4.79 Å². The maximum absolute atomic E-state index is 12.4. The Labute approximate surface area is 108 Å². The van der Waals surface area contributed by atoms with Gasteiger partial charge in [0.15, 0.2) is 0 Å².